The van der Waals surface area contributed by atoms with Crippen LogP contribution in [-0.4, -0.2) is 12.1 Å². The highest BCUT2D eigenvalue weighted by molar-refractivity contribution is 5.64. The molecule has 0 aliphatic heterocycles. The standard InChI is InChI=1S/C24H25F7/c1-2-3-16-4-6-17(7-5-16)18-8-10-19(11-9-18)20-12-14-21(15-13-20)22(25,26)23(27,28)24(29,30)31/h8-17H,2-7H2,1H3. The van der Waals surface area contributed by atoms with Gasteiger partial charge in [-0.1, -0.05) is 68.3 Å². The zero-order valence-corrected chi connectivity index (χ0v) is 17.2. The lowest BCUT2D eigenvalue weighted by atomic mass is 9.77. The molecule has 3 rings (SSSR count). The van der Waals surface area contributed by atoms with E-state index in [2.05, 4.69) is 6.92 Å². The Morgan fingerprint density at radius 3 is 1.65 bits per heavy atom. The molecule has 0 aromatic heterocycles. The summed E-state index contributed by atoms with van der Waals surface area (Å²) >= 11 is 0. The van der Waals surface area contributed by atoms with Gasteiger partial charge in [0, 0.05) is 5.56 Å². The van der Waals surface area contributed by atoms with Crippen molar-refractivity contribution in [3.05, 3.63) is 59.7 Å². The molecule has 31 heavy (non-hydrogen) atoms. The summed E-state index contributed by atoms with van der Waals surface area (Å²) in [5.74, 6) is -10.2. The predicted octanol–water partition coefficient (Wildman–Crippen LogP) is 8.72. The second kappa shape index (κ2) is 8.83. The molecule has 0 N–H and O–H groups in total. The number of hydrogen-bond donors (Lipinski definition) is 0. The van der Waals surface area contributed by atoms with Gasteiger partial charge in [-0.3, -0.25) is 0 Å². The molecule has 0 heterocycles. The average molecular weight is 446 g/mol. The Morgan fingerprint density at radius 2 is 1.19 bits per heavy atom. The smallest absolute Gasteiger partial charge is 0.194 e. The minimum atomic E-state index is -6.35. The monoisotopic (exact) mass is 446 g/mol. The molecule has 0 nitrogen and oxygen atoms in total. The Hall–Kier alpha value is -2.05. The first kappa shape index (κ1) is 23.6. The molecule has 2 aromatic carbocycles. The molecule has 1 aliphatic carbocycles. The first-order chi connectivity index (χ1) is 14.5. The van der Waals surface area contributed by atoms with E-state index in [0.717, 1.165) is 30.9 Å². The number of halogens is 7. The fourth-order valence-electron chi connectivity index (χ4n) is 4.37. The molecule has 0 spiro atoms. The van der Waals surface area contributed by atoms with Crippen LogP contribution in [0.25, 0.3) is 11.1 Å². The van der Waals surface area contributed by atoms with E-state index < -0.39 is 23.6 Å². The summed E-state index contributed by atoms with van der Waals surface area (Å²) in [6.07, 6.45) is 0.776. The van der Waals surface area contributed by atoms with Crippen LogP contribution in [0.4, 0.5) is 30.7 Å². The molecule has 1 aliphatic rings. The molecule has 2 aromatic rings. The highest BCUT2D eigenvalue weighted by Crippen LogP contribution is 2.51. The molecule has 0 amide bonds. The largest absolute Gasteiger partial charge is 0.460 e. The van der Waals surface area contributed by atoms with Gasteiger partial charge in [-0.25, -0.2) is 0 Å². The molecular formula is C24H25F7. The van der Waals surface area contributed by atoms with Crippen LogP contribution in [0.2, 0.25) is 0 Å². The van der Waals surface area contributed by atoms with Crippen LogP contribution in [0.3, 0.4) is 0 Å². The summed E-state index contributed by atoms with van der Waals surface area (Å²) in [6.45, 7) is 2.19. The molecule has 7 heteroatoms. The van der Waals surface area contributed by atoms with E-state index in [0.29, 0.717) is 29.2 Å². The quantitative estimate of drug-likeness (QED) is 0.389. The van der Waals surface area contributed by atoms with Gasteiger partial charge in [0.15, 0.2) is 0 Å². The SMILES string of the molecule is CCCC1CCC(c2ccc(-c3ccc(C(F)(F)C(F)(F)C(F)(F)F)cc3)cc2)CC1. The van der Waals surface area contributed by atoms with E-state index in [9.17, 15) is 30.7 Å². The lowest BCUT2D eigenvalue weighted by Crippen LogP contribution is -2.49. The van der Waals surface area contributed by atoms with E-state index in [1.165, 1.54) is 31.2 Å². The van der Waals surface area contributed by atoms with Crippen molar-refractivity contribution in [2.24, 2.45) is 5.92 Å². The summed E-state index contributed by atoms with van der Waals surface area (Å²) in [5, 5.41) is 0. The van der Waals surface area contributed by atoms with Gasteiger partial charge in [0.1, 0.15) is 0 Å². The Balaban J connectivity index is 1.72. The van der Waals surface area contributed by atoms with Crippen molar-refractivity contribution in [2.75, 3.05) is 0 Å². The highest BCUT2D eigenvalue weighted by Gasteiger charge is 2.73. The number of rotatable bonds is 6. The molecule has 0 bridgehead atoms. The van der Waals surface area contributed by atoms with Gasteiger partial charge in [0.25, 0.3) is 0 Å². The summed E-state index contributed by atoms with van der Waals surface area (Å²) in [4.78, 5) is 0. The summed E-state index contributed by atoms with van der Waals surface area (Å²) in [6, 6.07) is 11.1. The molecular weight excluding hydrogens is 421 g/mol. The van der Waals surface area contributed by atoms with Crippen molar-refractivity contribution in [1.82, 2.24) is 0 Å². The molecule has 0 saturated heterocycles. The summed E-state index contributed by atoms with van der Waals surface area (Å²) in [5.41, 5.74) is 0.972. The Labute approximate surface area is 177 Å². The second-order valence-electron chi connectivity index (χ2n) is 8.35. The second-order valence-corrected chi connectivity index (χ2v) is 8.35. The van der Waals surface area contributed by atoms with Gasteiger partial charge < -0.3 is 0 Å². The van der Waals surface area contributed by atoms with Gasteiger partial charge in [-0.2, -0.15) is 30.7 Å². The van der Waals surface area contributed by atoms with Crippen molar-refractivity contribution in [1.29, 1.82) is 0 Å². The van der Waals surface area contributed by atoms with Crippen molar-refractivity contribution in [2.45, 2.75) is 69.4 Å². The summed E-state index contributed by atoms with van der Waals surface area (Å²) in [7, 11) is 0. The van der Waals surface area contributed by atoms with Crippen molar-refractivity contribution < 1.29 is 30.7 Å². The Morgan fingerprint density at radius 1 is 0.710 bits per heavy atom. The first-order valence-electron chi connectivity index (χ1n) is 10.5. The van der Waals surface area contributed by atoms with Crippen LogP contribution in [0, 0.1) is 5.92 Å². The molecule has 0 radical (unpaired) electrons. The first-order valence-corrected chi connectivity index (χ1v) is 10.5. The minimum Gasteiger partial charge on any atom is -0.194 e. The molecule has 0 atom stereocenters. The van der Waals surface area contributed by atoms with Gasteiger partial charge in [0.2, 0.25) is 0 Å². The van der Waals surface area contributed by atoms with Crippen molar-refractivity contribution in [3.8, 4) is 11.1 Å². The maximum Gasteiger partial charge on any atom is 0.460 e. The zero-order valence-electron chi connectivity index (χ0n) is 17.2. The van der Waals surface area contributed by atoms with Crippen molar-refractivity contribution in [3.63, 3.8) is 0 Å². The van der Waals surface area contributed by atoms with Crippen LogP contribution in [-0.2, 0) is 5.92 Å². The van der Waals surface area contributed by atoms with Crippen LogP contribution in [0.15, 0.2) is 48.5 Å². The van der Waals surface area contributed by atoms with E-state index in [-0.39, 0.29) is 0 Å². The highest BCUT2D eigenvalue weighted by atomic mass is 19.4. The number of hydrogen-bond acceptors (Lipinski definition) is 0. The maximum atomic E-state index is 13.8. The third-order valence-corrected chi connectivity index (χ3v) is 6.26. The predicted molar refractivity (Wildman–Crippen MR) is 106 cm³/mol. The zero-order chi connectivity index (χ0) is 22.9. The normalized spacial score (nSPS) is 20.6. The number of alkyl halides is 7. The number of benzene rings is 2. The van der Waals surface area contributed by atoms with Gasteiger partial charge in [-0.15, -0.1) is 0 Å². The lowest BCUT2D eigenvalue weighted by Gasteiger charge is -2.29. The fraction of sp³-hybridized carbons (Fsp3) is 0.500. The molecule has 1 fully saturated rings. The molecule has 0 unspecified atom stereocenters. The van der Waals surface area contributed by atoms with E-state index >= 15 is 0 Å². The van der Waals surface area contributed by atoms with Crippen LogP contribution >= 0.6 is 0 Å². The minimum absolute atomic E-state index is 0.466. The van der Waals surface area contributed by atoms with Gasteiger partial charge in [-0.05, 0) is 54.2 Å². The summed E-state index contributed by atoms with van der Waals surface area (Å²) < 4.78 is 91.3. The third kappa shape index (κ3) is 4.75. The molecule has 1 saturated carbocycles. The van der Waals surface area contributed by atoms with Crippen molar-refractivity contribution >= 4 is 0 Å². The topological polar surface area (TPSA) is 0 Å². The van der Waals surface area contributed by atoms with Crippen LogP contribution in [0.1, 0.15) is 62.5 Å². The van der Waals surface area contributed by atoms with Crippen LogP contribution in [0.5, 0.6) is 0 Å². The van der Waals surface area contributed by atoms with Crippen LogP contribution < -0.4 is 0 Å². The maximum absolute atomic E-state index is 13.8. The van der Waals surface area contributed by atoms with Gasteiger partial charge >= 0.3 is 18.0 Å². The average Bonchev–Trinajstić information content (AvgIpc) is 2.74. The third-order valence-electron chi connectivity index (χ3n) is 6.26. The molecule has 170 valence electrons. The fourth-order valence-corrected chi connectivity index (χ4v) is 4.37. The van der Waals surface area contributed by atoms with E-state index in [4.69, 9.17) is 0 Å². The lowest BCUT2D eigenvalue weighted by molar-refractivity contribution is -0.359. The van der Waals surface area contributed by atoms with E-state index in [1.807, 2.05) is 24.3 Å². The van der Waals surface area contributed by atoms with Gasteiger partial charge in [0.05, 0.1) is 0 Å². The Kier molecular flexibility index (Phi) is 6.72. The Bertz CT molecular complexity index is 843. The van der Waals surface area contributed by atoms with E-state index in [1.54, 1.807) is 0 Å².